The summed E-state index contributed by atoms with van der Waals surface area (Å²) in [5.74, 6) is 0.323. The van der Waals surface area contributed by atoms with Crippen molar-refractivity contribution in [1.82, 2.24) is 25.6 Å². The predicted molar refractivity (Wildman–Crippen MR) is 126 cm³/mol. The third-order valence-corrected chi connectivity index (χ3v) is 5.98. The van der Waals surface area contributed by atoms with Crippen LogP contribution in [0.3, 0.4) is 0 Å². The number of carbonyl (C=O) groups is 1. The van der Waals surface area contributed by atoms with E-state index in [1.165, 1.54) is 0 Å². The molecule has 1 aliphatic heterocycles. The fraction of sp³-hybridized carbons (Fsp3) is 0.360. The Morgan fingerprint density at radius 1 is 1.12 bits per heavy atom. The molecule has 1 atom stereocenters. The summed E-state index contributed by atoms with van der Waals surface area (Å²) in [7, 11) is 0. The molecule has 3 aromatic rings. The Labute approximate surface area is 197 Å². The minimum atomic E-state index is -0.523. The number of amides is 1. The molecule has 2 aliphatic rings. The second-order valence-electron chi connectivity index (χ2n) is 8.63. The zero-order valence-electron chi connectivity index (χ0n) is 18.8. The van der Waals surface area contributed by atoms with Crippen LogP contribution < -0.4 is 20.7 Å². The van der Waals surface area contributed by atoms with Gasteiger partial charge in [0.1, 0.15) is 0 Å². The molecule has 2 aromatic heterocycles. The van der Waals surface area contributed by atoms with Gasteiger partial charge in [-0.15, -0.1) is 0 Å². The van der Waals surface area contributed by atoms with Crippen molar-refractivity contribution in [2.24, 2.45) is 5.92 Å². The fourth-order valence-electron chi connectivity index (χ4n) is 3.95. The van der Waals surface area contributed by atoms with Crippen LogP contribution in [-0.2, 0) is 11.3 Å². The van der Waals surface area contributed by atoms with Crippen LogP contribution in [-0.4, -0.2) is 40.0 Å². The molecule has 0 unspecified atom stereocenters. The third-order valence-electron chi connectivity index (χ3n) is 5.98. The quantitative estimate of drug-likeness (QED) is 0.470. The summed E-state index contributed by atoms with van der Waals surface area (Å²) in [6.07, 6.45) is 7.23. The maximum atomic E-state index is 15.1. The molecule has 5 rings (SSSR count). The highest BCUT2D eigenvalue weighted by molar-refractivity contribution is 5.80. The lowest BCUT2D eigenvalue weighted by molar-refractivity contribution is -0.122. The van der Waals surface area contributed by atoms with Gasteiger partial charge in [-0.3, -0.25) is 4.79 Å². The summed E-state index contributed by atoms with van der Waals surface area (Å²) in [5, 5.41) is 9.53. The highest BCUT2D eigenvalue weighted by Crippen LogP contribution is 2.33. The highest BCUT2D eigenvalue weighted by Gasteiger charge is 2.29. The Hall–Kier alpha value is -3.59. The molecule has 3 heterocycles. The van der Waals surface area contributed by atoms with Crippen molar-refractivity contribution in [3.05, 3.63) is 60.2 Å². The van der Waals surface area contributed by atoms with Crippen molar-refractivity contribution < 1.29 is 13.9 Å². The molecular formula is C25H27FN6O2. The second-order valence-corrected chi connectivity index (χ2v) is 8.63. The lowest BCUT2D eigenvalue weighted by Crippen LogP contribution is -2.38. The molecule has 0 spiro atoms. The van der Waals surface area contributed by atoms with E-state index in [0.717, 1.165) is 38.8 Å². The van der Waals surface area contributed by atoms with E-state index in [2.05, 4.69) is 30.9 Å². The number of piperidine rings is 1. The largest absolute Gasteiger partial charge is 0.435 e. The van der Waals surface area contributed by atoms with Crippen LogP contribution >= 0.6 is 0 Å². The molecular weight excluding hydrogens is 435 g/mol. The van der Waals surface area contributed by atoms with Crippen molar-refractivity contribution in [3.63, 3.8) is 0 Å². The monoisotopic (exact) mass is 462 g/mol. The van der Waals surface area contributed by atoms with Crippen LogP contribution in [0.1, 0.15) is 31.2 Å². The van der Waals surface area contributed by atoms with Crippen LogP contribution in [0.4, 0.5) is 10.3 Å². The third kappa shape index (κ3) is 5.31. The first-order valence-corrected chi connectivity index (χ1v) is 11.7. The predicted octanol–water partition coefficient (Wildman–Crippen LogP) is 3.66. The van der Waals surface area contributed by atoms with E-state index >= 15 is 4.39 Å². The van der Waals surface area contributed by atoms with Crippen LogP contribution in [0, 0.1) is 11.7 Å². The van der Waals surface area contributed by atoms with Gasteiger partial charge in [-0.2, -0.15) is 0 Å². The molecule has 0 bridgehead atoms. The zero-order valence-corrected chi connectivity index (χ0v) is 18.8. The smallest absolute Gasteiger partial charge is 0.228 e. The first-order valence-electron chi connectivity index (χ1n) is 11.7. The standard InChI is InChI=1S/C25H27FN6O2/c26-22-17(14-30-23(33)16-8-9-16)4-1-7-21(22)34-24-19(6-3-12-28-24)20-10-13-29-25(32-20)31-18-5-2-11-27-15-18/h1,3-4,6-7,10,12-13,16,18,27H,2,5,8-9,11,14-15H2,(H,30,33)(H,29,31,32)/t18-/m0/s1. The Morgan fingerprint density at radius 2 is 2.03 bits per heavy atom. The SMILES string of the molecule is O=C(NCc1cccc(Oc2ncccc2-c2ccnc(N[C@H]3CCCNC3)n2)c1F)C1CC1. The number of rotatable bonds is 8. The van der Waals surface area contributed by atoms with E-state index in [1.807, 2.05) is 6.07 Å². The van der Waals surface area contributed by atoms with Crippen molar-refractivity contribution in [2.75, 3.05) is 18.4 Å². The van der Waals surface area contributed by atoms with Gasteiger partial charge in [-0.25, -0.2) is 19.3 Å². The van der Waals surface area contributed by atoms with Gasteiger partial charge in [-0.1, -0.05) is 12.1 Å². The number of nitrogens with one attached hydrogen (secondary N) is 3. The first-order chi connectivity index (χ1) is 16.7. The molecule has 1 saturated heterocycles. The van der Waals surface area contributed by atoms with Gasteiger partial charge in [0.15, 0.2) is 11.6 Å². The number of nitrogens with zero attached hydrogens (tertiary/aromatic N) is 3. The van der Waals surface area contributed by atoms with Crippen LogP contribution in [0.25, 0.3) is 11.3 Å². The molecule has 1 saturated carbocycles. The summed E-state index contributed by atoms with van der Waals surface area (Å²) >= 11 is 0. The van der Waals surface area contributed by atoms with Gasteiger partial charge >= 0.3 is 0 Å². The van der Waals surface area contributed by atoms with Crippen molar-refractivity contribution in [3.8, 4) is 22.9 Å². The molecule has 34 heavy (non-hydrogen) atoms. The van der Waals surface area contributed by atoms with Crippen molar-refractivity contribution in [1.29, 1.82) is 0 Å². The average Bonchev–Trinajstić information content (AvgIpc) is 3.71. The van der Waals surface area contributed by atoms with Crippen LogP contribution in [0.15, 0.2) is 48.8 Å². The van der Waals surface area contributed by atoms with E-state index in [9.17, 15) is 4.79 Å². The number of benzene rings is 1. The number of hydrogen-bond donors (Lipinski definition) is 3. The van der Waals surface area contributed by atoms with E-state index in [-0.39, 0.29) is 36.0 Å². The Balaban J connectivity index is 1.34. The normalized spacial score (nSPS) is 17.7. The van der Waals surface area contributed by atoms with Gasteiger partial charge in [0, 0.05) is 43.0 Å². The number of carbonyl (C=O) groups excluding carboxylic acids is 1. The number of ether oxygens (including phenoxy) is 1. The molecule has 1 aliphatic carbocycles. The zero-order chi connectivity index (χ0) is 23.3. The van der Waals surface area contributed by atoms with Crippen molar-refractivity contribution in [2.45, 2.75) is 38.3 Å². The Kier molecular flexibility index (Phi) is 6.62. The van der Waals surface area contributed by atoms with E-state index in [0.29, 0.717) is 22.8 Å². The molecule has 0 radical (unpaired) electrons. The lowest BCUT2D eigenvalue weighted by atomic mass is 10.1. The van der Waals surface area contributed by atoms with Crippen LogP contribution in [0.5, 0.6) is 11.6 Å². The average molecular weight is 463 g/mol. The number of halogens is 1. The number of pyridine rings is 1. The Bertz CT molecular complexity index is 1160. The van der Waals surface area contributed by atoms with Gasteiger partial charge in [0.05, 0.1) is 11.3 Å². The van der Waals surface area contributed by atoms with Gasteiger partial charge in [0.25, 0.3) is 0 Å². The summed E-state index contributed by atoms with van der Waals surface area (Å²) in [4.78, 5) is 25.2. The highest BCUT2D eigenvalue weighted by atomic mass is 19.1. The fourth-order valence-corrected chi connectivity index (χ4v) is 3.95. The van der Waals surface area contributed by atoms with Gasteiger partial charge in [0.2, 0.25) is 17.7 Å². The first kappa shape index (κ1) is 22.2. The van der Waals surface area contributed by atoms with Crippen LogP contribution in [0.2, 0.25) is 0 Å². The molecule has 1 aromatic carbocycles. The summed E-state index contributed by atoms with van der Waals surface area (Å²) in [5.41, 5.74) is 1.61. The molecule has 8 nitrogen and oxygen atoms in total. The number of aromatic nitrogens is 3. The molecule has 2 fully saturated rings. The lowest BCUT2D eigenvalue weighted by Gasteiger charge is -2.23. The minimum Gasteiger partial charge on any atom is -0.435 e. The van der Waals surface area contributed by atoms with Gasteiger partial charge < -0.3 is 20.7 Å². The maximum absolute atomic E-state index is 15.1. The molecule has 1 amide bonds. The topological polar surface area (TPSA) is 101 Å². The Morgan fingerprint density at radius 3 is 2.85 bits per heavy atom. The van der Waals surface area contributed by atoms with E-state index < -0.39 is 5.82 Å². The number of anilines is 1. The maximum Gasteiger partial charge on any atom is 0.228 e. The van der Waals surface area contributed by atoms with Crippen molar-refractivity contribution >= 4 is 11.9 Å². The molecule has 176 valence electrons. The van der Waals surface area contributed by atoms with E-state index in [1.54, 1.807) is 42.7 Å². The van der Waals surface area contributed by atoms with E-state index in [4.69, 9.17) is 4.74 Å². The summed E-state index contributed by atoms with van der Waals surface area (Å²) in [6.45, 7) is 2.01. The molecule has 3 N–H and O–H groups in total. The molecule has 9 heteroatoms. The van der Waals surface area contributed by atoms with Gasteiger partial charge in [-0.05, 0) is 56.5 Å². The summed E-state index contributed by atoms with van der Waals surface area (Å²) in [6, 6.07) is 10.5. The minimum absolute atomic E-state index is 0.0325. The number of hydrogen-bond acceptors (Lipinski definition) is 7. The summed E-state index contributed by atoms with van der Waals surface area (Å²) < 4.78 is 21.0. The second kappa shape index (κ2) is 10.1.